The third-order valence-corrected chi connectivity index (χ3v) is 1.99. The Kier molecular flexibility index (Phi) is 2.86. The van der Waals surface area contributed by atoms with Crippen molar-refractivity contribution in [1.29, 1.82) is 0 Å². The highest BCUT2D eigenvalue weighted by Gasteiger charge is 2.08. The second-order valence-electron chi connectivity index (χ2n) is 3.01. The molecule has 0 saturated heterocycles. The van der Waals surface area contributed by atoms with Gasteiger partial charge in [0.15, 0.2) is 5.69 Å². The average Bonchev–Trinajstić information content (AvgIpc) is 2.39. The molecule has 2 rings (SSSR count). The zero-order valence-corrected chi connectivity index (χ0v) is 8.62. The molecule has 2 aromatic rings. The van der Waals surface area contributed by atoms with Gasteiger partial charge < -0.3 is 4.74 Å². The van der Waals surface area contributed by atoms with Crippen molar-refractivity contribution in [3.05, 3.63) is 42.2 Å². The minimum Gasteiger partial charge on any atom is -0.464 e. The number of carbonyl (C=O) groups is 1. The minimum atomic E-state index is -0.500. The molecule has 2 heterocycles. The van der Waals surface area contributed by atoms with E-state index in [1.54, 1.807) is 18.3 Å². The van der Waals surface area contributed by atoms with Gasteiger partial charge in [-0.05, 0) is 24.3 Å². The van der Waals surface area contributed by atoms with Crippen molar-refractivity contribution < 1.29 is 9.53 Å². The van der Waals surface area contributed by atoms with Gasteiger partial charge in [0.25, 0.3) is 0 Å². The number of nitrogens with zero attached hydrogens (tertiary/aromatic N) is 3. The van der Waals surface area contributed by atoms with Crippen LogP contribution in [-0.2, 0) is 4.74 Å². The lowest BCUT2D eigenvalue weighted by atomic mass is 10.2. The summed E-state index contributed by atoms with van der Waals surface area (Å²) >= 11 is 0. The van der Waals surface area contributed by atoms with Crippen molar-refractivity contribution in [2.75, 3.05) is 7.11 Å². The van der Waals surface area contributed by atoms with Crippen molar-refractivity contribution >= 4 is 5.97 Å². The SMILES string of the molecule is COC(=O)c1ccc(-c2ccccn2)nn1. The number of hydrogen-bond acceptors (Lipinski definition) is 5. The van der Waals surface area contributed by atoms with Crippen LogP contribution in [0.25, 0.3) is 11.4 Å². The van der Waals surface area contributed by atoms with Gasteiger partial charge in [0.05, 0.1) is 12.8 Å². The van der Waals surface area contributed by atoms with E-state index in [0.717, 1.165) is 0 Å². The molecule has 0 N–H and O–H groups in total. The molecule has 2 aromatic heterocycles. The van der Waals surface area contributed by atoms with E-state index < -0.39 is 5.97 Å². The fraction of sp³-hybridized carbons (Fsp3) is 0.0909. The predicted octanol–water partition coefficient (Wildman–Crippen LogP) is 1.33. The van der Waals surface area contributed by atoms with Gasteiger partial charge in [0.2, 0.25) is 0 Å². The molecule has 0 saturated carbocycles. The highest BCUT2D eigenvalue weighted by molar-refractivity contribution is 5.87. The molecule has 0 atom stereocenters. The number of methoxy groups -OCH3 is 1. The Bertz CT molecular complexity index is 482. The Hall–Kier alpha value is -2.30. The fourth-order valence-electron chi connectivity index (χ4n) is 1.20. The number of ether oxygens (including phenoxy) is 1. The molecule has 5 nitrogen and oxygen atoms in total. The lowest BCUT2D eigenvalue weighted by molar-refractivity contribution is 0.0592. The summed E-state index contributed by atoms with van der Waals surface area (Å²) in [5.74, 6) is -0.500. The zero-order valence-electron chi connectivity index (χ0n) is 8.62. The minimum absolute atomic E-state index is 0.183. The third-order valence-electron chi connectivity index (χ3n) is 1.99. The van der Waals surface area contributed by atoms with Crippen molar-refractivity contribution in [1.82, 2.24) is 15.2 Å². The maximum Gasteiger partial charge on any atom is 0.358 e. The summed E-state index contributed by atoms with van der Waals surface area (Å²) in [6.45, 7) is 0. The van der Waals surface area contributed by atoms with Crippen LogP contribution in [0.1, 0.15) is 10.5 Å². The Labute approximate surface area is 92.1 Å². The Morgan fingerprint density at radius 3 is 2.56 bits per heavy atom. The molecular formula is C11H9N3O2. The largest absolute Gasteiger partial charge is 0.464 e. The van der Waals surface area contributed by atoms with E-state index in [1.165, 1.54) is 7.11 Å². The molecule has 0 unspecified atom stereocenters. The summed E-state index contributed by atoms with van der Waals surface area (Å²) in [7, 11) is 1.30. The number of carbonyl (C=O) groups excluding carboxylic acids is 1. The molecule has 0 aliphatic rings. The first-order valence-electron chi connectivity index (χ1n) is 4.64. The van der Waals surface area contributed by atoms with Crippen LogP contribution in [0.3, 0.4) is 0 Å². The van der Waals surface area contributed by atoms with Gasteiger partial charge >= 0.3 is 5.97 Å². The molecule has 0 radical (unpaired) electrons. The van der Waals surface area contributed by atoms with Crippen LogP contribution in [0.4, 0.5) is 0 Å². The van der Waals surface area contributed by atoms with Crippen LogP contribution in [0.2, 0.25) is 0 Å². The number of aromatic nitrogens is 3. The normalized spacial score (nSPS) is 9.81. The van der Waals surface area contributed by atoms with Crippen LogP contribution in [0.5, 0.6) is 0 Å². The number of rotatable bonds is 2. The topological polar surface area (TPSA) is 65.0 Å². The molecule has 0 spiro atoms. The van der Waals surface area contributed by atoms with Gasteiger partial charge in [0, 0.05) is 6.20 Å². The van der Waals surface area contributed by atoms with Crippen LogP contribution in [0.15, 0.2) is 36.5 Å². The van der Waals surface area contributed by atoms with E-state index >= 15 is 0 Å². The highest BCUT2D eigenvalue weighted by Crippen LogP contribution is 2.11. The van der Waals surface area contributed by atoms with E-state index in [-0.39, 0.29) is 5.69 Å². The van der Waals surface area contributed by atoms with Gasteiger partial charge in [-0.15, -0.1) is 10.2 Å². The predicted molar refractivity (Wildman–Crippen MR) is 56.6 cm³/mol. The first-order chi connectivity index (χ1) is 7.81. The molecule has 0 aliphatic carbocycles. The first-order valence-corrected chi connectivity index (χ1v) is 4.64. The third kappa shape index (κ3) is 2.03. The number of esters is 1. The van der Waals surface area contributed by atoms with Crippen molar-refractivity contribution in [2.45, 2.75) is 0 Å². The average molecular weight is 215 g/mol. The fourth-order valence-corrected chi connectivity index (χ4v) is 1.20. The van der Waals surface area contributed by atoms with E-state index in [4.69, 9.17) is 0 Å². The molecule has 0 amide bonds. The Morgan fingerprint density at radius 1 is 1.12 bits per heavy atom. The van der Waals surface area contributed by atoms with Crippen molar-refractivity contribution in [3.63, 3.8) is 0 Å². The molecule has 0 aliphatic heterocycles. The van der Waals surface area contributed by atoms with Crippen molar-refractivity contribution in [2.24, 2.45) is 0 Å². The number of hydrogen-bond donors (Lipinski definition) is 0. The van der Waals surface area contributed by atoms with E-state index in [0.29, 0.717) is 11.4 Å². The molecule has 0 bridgehead atoms. The van der Waals surface area contributed by atoms with Gasteiger partial charge in [-0.2, -0.15) is 0 Å². The first kappa shape index (κ1) is 10.2. The molecular weight excluding hydrogens is 206 g/mol. The van der Waals surface area contributed by atoms with Gasteiger partial charge in [-0.25, -0.2) is 4.79 Å². The maximum absolute atomic E-state index is 11.1. The van der Waals surface area contributed by atoms with Gasteiger partial charge in [-0.1, -0.05) is 6.07 Å². The highest BCUT2D eigenvalue weighted by atomic mass is 16.5. The standard InChI is InChI=1S/C11H9N3O2/c1-16-11(15)10-6-5-9(13-14-10)8-4-2-3-7-12-8/h2-7H,1H3. The van der Waals surface area contributed by atoms with Crippen LogP contribution in [0, 0.1) is 0 Å². The lowest BCUT2D eigenvalue weighted by Crippen LogP contribution is -2.05. The van der Waals surface area contributed by atoms with E-state index in [9.17, 15) is 4.79 Å². The van der Waals surface area contributed by atoms with Crippen molar-refractivity contribution in [3.8, 4) is 11.4 Å². The van der Waals surface area contributed by atoms with E-state index in [2.05, 4.69) is 19.9 Å². The summed E-state index contributed by atoms with van der Waals surface area (Å²) < 4.78 is 4.52. The molecule has 0 aromatic carbocycles. The van der Waals surface area contributed by atoms with Gasteiger partial charge in [-0.3, -0.25) is 4.98 Å². The van der Waals surface area contributed by atoms with E-state index in [1.807, 2.05) is 18.2 Å². The Balaban J connectivity index is 2.30. The quantitative estimate of drug-likeness (QED) is 0.707. The molecule has 0 fully saturated rings. The lowest BCUT2D eigenvalue weighted by Gasteiger charge is -1.99. The summed E-state index contributed by atoms with van der Waals surface area (Å²) in [6, 6.07) is 8.74. The number of pyridine rings is 1. The van der Waals surface area contributed by atoms with Crippen LogP contribution < -0.4 is 0 Å². The smallest absolute Gasteiger partial charge is 0.358 e. The monoisotopic (exact) mass is 215 g/mol. The summed E-state index contributed by atoms with van der Waals surface area (Å²) in [6.07, 6.45) is 1.67. The molecule has 16 heavy (non-hydrogen) atoms. The zero-order chi connectivity index (χ0) is 11.4. The van der Waals surface area contributed by atoms with Crippen LogP contribution >= 0.6 is 0 Å². The summed E-state index contributed by atoms with van der Waals surface area (Å²) in [4.78, 5) is 15.2. The maximum atomic E-state index is 11.1. The van der Waals surface area contributed by atoms with Crippen LogP contribution in [-0.4, -0.2) is 28.3 Å². The molecule has 5 heteroatoms. The van der Waals surface area contributed by atoms with Gasteiger partial charge in [0.1, 0.15) is 5.69 Å². The second kappa shape index (κ2) is 4.48. The second-order valence-corrected chi connectivity index (χ2v) is 3.01. The molecule has 80 valence electrons. The summed E-state index contributed by atoms with van der Waals surface area (Å²) in [5.41, 5.74) is 1.52. The Morgan fingerprint density at radius 2 is 2.00 bits per heavy atom. The summed E-state index contributed by atoms with van der Waals surface area (Å²) in [5, 5.41) is 7.67.